The molecule has 0 saturated carbocycles. The van der Waals surface area contributed by atoms with Crippen molar-refractivity contribution in [1.29, 1.82) is 0 Å². The van der Waals surface area contributed by atoms with E-state index >= 15 is 0 Å². The smallest absolute Gasteiger partial charge is 0.431 e. The second-order valence-electron chi connectivity index (χ2n) is 4.59. The number of hydrogen-bond acceptors (Lipinski definition) is 4. The summed E-state index contributed by atoms with van der Waals surface area (Å²) >= 11 is 0. The van der Waals surface area contributed by atoms with Crippen molar-refractivity contribution in [3.63, 3.8) is 0 Å². The third kappa shape index (κ3) is 3.03. The molecular weight excluding hydrogens is 317 g/mol. The van der Waals surface area contributed by atoms with Crippen molar-refractivity contribution in [1.82, 2.24) is 9.55 Å². The van der Waals surface area contributed by atoms with Gasteiger partial charge in [-0.3, -0.25) is 9.36 Å². The Balaban J connectivity index is 2.91. The molecule has 0 aliphatic rings. The average molecular weight is 328 g/mol. The van der Waals surface area contributed by atoms with E-state index in [1.165, 1.54) is 20.2 Å². The second kappa shape index (κ2) is 5.75. The van der Waals surface area contributed by atoms with Gasteiger partial charge >= 0.3 is 12.1 Å². The zero-order valence-electron chi connectivity index (χ0n) is 12.0. The highest BCUT2D eigenvalue weighted by molar-refractivity contribution is 5.87. The molecule has 0 saturated heterocycles. The molecule has 6 nitrogen and oxygen atoms in total. The van der Waals surface area contributed by atoms with Crippen molar-refractivity contribution in [3.05, 3.63) is 51.6 Å². The van der Waals surface area contributed by atoms with Crippen LogP contribution in [0, 0.1) is 6.92 Å². The van der Waals surface area contributed by atoms with Gasteiger partial charge in [0.05, 0.1) is 12.8 Å². The summed E-state index contributed by atoms with van der Waals surface area (Å²) in [6, 6.07) is 2.33. The van der Waals surface area contributed by atoms with Gasteiger partial charge in [-0.05, 0) is 24.6 Å². The van der Waals surface area contributed by atoms with Crippen molar-refractivity contribution in [3.8, 4) is 11.6 Å². The number of carbonyl (C=O) groups is 1. The maximum absolute atomic E-state index is 13.2. The lowest BCUT2D eigenvalue weighted by molar-refractivity contribution is -0.142. The van der Waals surface area contributed by atoms with E-state index in [2.05, 4.69) is 4.98 Å². The van der Waals surface area contributed by atoms with Gasteiger partial charge in [-0.2, -0.15) is 13.2 Å². The van der Waals surface area contributed by atoms with Crippen molar-refractivity contribution in [2.24, 2.45) is 0 Å². The molecule has 0 aliphatic carbocycles. The molecule has 0 fully saturated rings. The van der Waals surface area contributed by atoms with Gasteiger partial charge in [0.15, 0.2) is 0 Å². The molecule has 0 aromatic carbocycles. The normalized spacial score (nSPS) is 11.3. The molecule has 0 bridgehead atoms. The van der Waals surface area contributed by atoms with Crippen LogP contribution >= 0.6 is 0 Å². The van der Waals surface area contributed by atoms with Crippen molar-refractivity contribution < 1.29 is 27.8 Å². The first kappa shape index (κ1) is 16.5. The Morgan fingerprint density at radius 1 is 1.35 bits per heavy atom. The number of rotatable bonds is 3. The number of alkyl halides is 3. The molecule has 2 rings (SSSR count). The predicted octanol–water partition coefficient (Wildman–Crippen LogP) is 2.27. The van der Waals surface area contributed by atoms with E-state index in [0.29, 0.717) is 16.7 Å². The number of ether oxygens (including phenoxy) is 1. The number of aromatic nitrogens is 2. The van der Waals surface area contributed by atoms with Crippen LogP contribution < -0.4 is 10.3 Å². The third-order valence-corrected chi connectivity index (χ3v) is 3.10. The van der Waals surface area contributed by atoms with Crippen LogP contribution in [-0.2, 0) is 6.18 Å². The summed E-state index contributed by atoms with van der Waals surface area (Å²) in [6.45, 7) is 1.45. The highest BCUT2D eigenvalue weighted by atomic mass is 19.4. The van der Waals surface area contributed by atoms with Gasteiger partial charge in [-0.25, -0.2) is 9.78 Å². The van der Waals surface area contributed by atoms with Gasteiger partial charge in [0, 0.05) is 12.3 Å². The van der Waals surface area contributed by atoms with E-state index < -0.39 is 29.0 Å². The topological polar surface area (TPSA) is 81.4 Å². The van der Waals surface area contributed by atoms with Crippen LogP contribution in [0.3, 0.4) is 0 Å². The fraction of sp³-hybridized carbons (Fsp3) is 0.214. The highest BCUT2D eigenvalue weighted by Gasteiger charge is 2.36. The summed E-state index contributed by atoms with van der Waals surface area (Å²) in [5, 5.41) is 8.97. The molecule has 122 valence electrons. The lowest BCUT2D eigenvalue weighted by Crippen LogP contribution is -2.31. The molecule has 23 heavy (non-hydrogen) atoms. The zero-order valence-corrected chi connectivity index (χ0v) is 12.0. The van der Waals surface area contributed by atoms with Gasteiger partial charge in [-0.15, -0.1) is 0 Å². The van der Waals surface area contributed by atoms with Crippen molar-refractivity contribution in [2.75, 3.05) is 7.11 Å². The van der Waals surface area contributed by atoms with Crippen LogP contribution in [0.5, 0.6) is 5.88 Å². The molecule has 2 heterocycles. The van der Waals surface area contributed by atoms with E-state index in [9.17, 15) is 22.8 Å². The summed E-state index contributed by atoms with van der Waals surface area (Å²) in [4.78, 5) is 27.1. The Bertz CT molecular complexity index is 828. The molecule has 0 aliphatic heterocycles. The highest BCUT2D eigenvalue weighted by Crippen LogP contribution is 2.31. The number of hydrogen-bond donors (Lipinski definition) is 1. The number of nitrogens with zero attached hydrogens (tertiary/aromatic N) is 2. The van der Waals surface area contributed by atoms with Gasteiger partial charge in [0.1, 0.15) is 11.3 Å². The minimum absolute atomic E-state index is 0.00801. The molecule has 0 unspecified atom stereocenters. The fourth-order valence-corrected chi connectivity index (χ4v) is 2.01. The van der Waals surface area contributed by atoms with Crippen LogP contribution in [0.2, 0.25) is 0 Å². The van der Waals surface area contributed by atoms with Crippen LogP contribution in [0.25, 0.3) is 5.69 Å². The predicted molar refractivity (Wildman–Crippen MR) is 73.1 cm³/mol. The molecular formula is C14H11F3N2O4. The Morgan fingerprint density at radius 3 is 2.52 bits per heavy atom. The first-order valence-corrected chi connectivity index (χ1v) is 6.24. The molecule has 0 spiro atoms. The van der Waals surface area contributed by atoms with Gasteiger partial charge in [0.25, 0.3) is 5.56 Å². The summed E-state index contributed by atoms with van der Waals surface area (Å²) < 4.78 is 44.8. The number of carboxylic acids is 1. The standard InChI is InChI=1S/C14H11F3N2O4/c1-7-6-18-11(23-2)5-9(7)19-10(14(15,16)17)4-3-8(12(19)20)13(21)22/h3-6H,1-2H3,(H,21,22). The third-order valence-electron chi connectivity index (χ3n) is 3.10. The number of halogens is 3. The summed E-state index contributed by atoms with van der Waals surface area (Å²) in [5.74, 6) is -1.62. The van der Waals surface area contributed by atoms with E-state index in [4.69, 9.17) is 9.84 Å². The number of methoxy groups -OCH3 is 1. The van der Waals surface area contributed by atoms with Crippen LogP contribution in [-0.4, -0.2) is 27.7 Å². The van der Waals surface area contributed by atoms with E-state index in [-0.39, 0.29) is 17.1 Å². The Labute approximate surface area is 127 Å². The monoisotopic (exact) mass is 328 g/mol. The van der Waals surface area contributed by atoms with Crippen molar-refractivity contribution >= 4 is 5.97 Å². The molecule has 9 heteroatoms. The van der Waals surface area contributed by atoms with Gasteiger partial charge < -0.3 is 9.84 Å². The number of pyridine rings is 2. The number of aromatic carboxylic acids is 1. The number of aryl methyl sites for hydroxylation is 1. The molecule has 2 aromatic heterocycles. The Morgan fingerprint density at radius 2 is 2.00 bits per heavy atom. The van der Waals surface area contributed by atoms with E-state index in [1.54, 1.807) is 0 Å². The SMILES string of the molecule is COc1cc(-n2c(C(F)(F)F)ccc(C(=O)O)c2=O)c(C)cn1. The molecule has 1 N–H and O–H groups in total. The minimum atomic E-state index is -4.85. The first-order valence-electron chi connectivity index (χ1n) is 6.24. The summed E-state index contributed by atoms with van der Waals surface area (Å²) in [6.07, 6.45) is -3.62. The van der Waals surface area contributed by atoms with E-state index in [0.717, 1.165) is 6.07 Å². The van der Waals surface area contributed by atoms with Gasteiger partial charge in [-0.1, -0.05) is 0 Å². The largest absolute Gasteiger partial charge is 0.481 e. The zero-order chi connectivity index (χ0) is 17.4. The van der Waals surface area contributed by atoms with Gasteiger partial charge in [0.2, 0.25) is 5.88 Å². The lowest BCUT2D eigenvalue weighted by atomic mass is 10.2. The van der Waals surface area contributed by atoms with Crippen LogP contribution in [0.1, 0.15) is 21.6 Å². The quantitative estimate of drug-likeness (QED) is 0.935. The molecule has 0 radical (unpaired) electrons. The minimum Gasteiger partial charge on any atom is -0.481 e. The maximum Gasteiger partial charge on any atom is 0.431 e. The average Bonchev–Trinajstić information content (AvgIpc) is 2.46. The first-order chi connectivity index (χ1) is 10.7. The van der Waals surface area contributed by atoms with Crippen molar-refractivity contribution in [2.45, 2.75) is 13.1 Å². The van der Waals surface area contributed by atoms with E-state index in [1.807, 2.05) is 0 Å². The lowest BCUT2D eigenvalue weighted by Gasteiger charge is -2.17. The molecule has 2 aromatic rings. The number of carboxylic acid groups (broad SMARTS) is 1. The maximum atomic E-state index is 13.2. The van der Waals surface area contributed by atoms with Crippen LogP contribution in [0.15, 0.2) is 29.2 Å². The molecule has 0 atom stereocenters. The summed E-state index contributed by atoms with van der Waals surface area (Å²) in [5.41, 5.74) is -3.25. The van der Waals surface area contributed by atoms with Crippen LogP contribution in [0.4, 0.5) is 13.2 Å². The molecule has 0 amide bonds. The second-order valence-corrected chi connectivity index (χ2v) is 4.59. The summed E-state index contributed by atoms with van der Waals surface area (Å²) in [7, 11) is 1.27. The Hall–Kier alpha value is -2.84. The fourth-order valence-electron chi connectivity index (χ4n) is 2.01. The Kier molecular flexibility index (Phi) is 4.13.